The molecule has 0 radical (unpaired) electrons. The van der Waals surface area contributed by atoms with Gasteiger partial charge in [0.2, 0.25) is 9.84 Å². The van der Waals surface area contributed by atoms with Crippen LogP contribution in [0.2, 0.25) is 0 Å². The second kappa shape index (κ2) is 5.93. The molecule has 0 bridgehead atoms. The average molecular weight is 310 g/mol. The highest BCUT2D eigenvalue weighted by Gasteiger charge is 2.20. The van der Waals surface area contributed by atoms with Crippen molar-refractivity contribution >= 4 is 9.84 Å². The summed E-state index contributed by atoms with van der Waals surface area (Å²) in [5.74, 6) is -1.13. The molecular formula is C16H16F2O2S. The minimum atomic E-state index is -3.91. The molecule has 2 rings (SSSR count). The molecule has 112 valence electrons. The average Bonchev–Trinajstić information content (AvgIpc) is 2.47. The molecule has 2 aromatic rings. The molecule has 0 N–H and O–H groups in total. The lowest BCUT2D eigenvalue weighted by Crippen LogP contribution is -2.04. The van der Waals surface area contributed by atoms with E-state index in [0.29, 0.717) is 24.0 Å². The van der Waals surface area contributed by atoms with Crippen LogP contribution in [0.5, 0.6) is 0 Å². The van der Waals surface area contributed by atoms with Crippen LogP contribution in [0.4, 0.5) is 8.78 Å². The van der Waals surface area contributed by atoms with Gasteiger partial charge in [0.25, 0.3) is 0 Å². The fourth-order valence-corrected chi connectivity index (χ4v) is 3.38. The predicted molar refractivity (Wildman–Crippen MR) is 77.0 cm³/mol. The van der Waals surface area contributed by atoms with Crippen molar-refractivity contribution in [3.8, 4) is 0 Å². The van der Waals surface area contributed by atoms with Crippen LogP contribution < -0.4 is 0 Å². The van der Waals surface area contributed by atoms with Gasteiger partial charge < -0.3 is 0 Å². The van der Waals surface area contributed by atoms with Gasteiger partial charge in [-0.1, -0.05) is 26.0 Å². The highest BCUT2D eigenvalue weighted by atomic mass is 32.2. The van der Waals surface area contributed by atoms with Crippen molar-refractivity contribution in [2.45, 2.75) is 36.5 Å². The van der Waals surface area contributed by atoms with Gasteiger partial charge in [0.15, 0.2) is 0 Å². The van der Waals surface area contributed by atoms with Crippen LogP contribution >= 0.6 is 0 Å². The lowest BCUT2D eigenvalue weighted by Gasteiger charge is -2.08. The van der Waals surface area contributed by atoms with E-state index in [9.17, 15) is 17.2 Å². The maximum atomic E-state index is 13.8. The lowest BCUT2D eigenvalue weighted by molar-refractivity contribution is 0.582. The van der Waals surface area contributed by atoms with Crippen molar-refractivity contribution in [2.75, 3.05) is 0 Å². The molecule has 0 saturated heterocycles. The van der Waals surface area contributed by atoms with Crippen LogP contribution in [0, 0.1) is 11.6 Å². The Bertz CT molecular complexity index is 708. The van der Waals surface area contributed by atoms with E-state index in [4.69, 9.17) is 0 Å². The molecule has 0 aliphatic rings. The topological polar surface area (TPSA) is 34.1 Å². The fraction of sp³-hybridized carbons (Fsp3) is 0.250. The summed E-state index contributed by atoms with van der Waals surface area (Å²) in [5.41, 5.74) is 0.892. The van der Waals surface area contributed by atoms with Crippen LogP contribution in [0.1, 0.15) is 25.0 Å². The van der Waals surface area contributed by atoms with E-state index in [1.807, 2.05) is 0 Å². The van der Waals surface area contributed by atoms with Crippen LogP contribution in [-0.2, 0) is 22.7 Å². The Kier molecular flexibility index (Phi) is 4.42. The molecule has 0 amide bonds. The Labute approximate surface area is 123 Å². The van der Waals surface area contributed by atoms with Crippen LogP contribution in [0.25, 0.3) is 0 Å². The van der Waals surface area contributed by atoms with Crippen molar-refractivity contribution in [1.82, 2.24) is 0 Å². The third-order valence-electron chi connectivity index (χ3n) is 3.43. The molecule has 0 fully saturated rings. The van der Waals surface area contributed by atoms with E-state index in [1.165, 1.54) is 24.3 Å². The standard InChI is InChI=1S/C16H16F2O2S/c1-3-11-5-7-13(9-15(11)17)21(19,20)14-8-6-12(4-2)16(18)10-14/h5-10H,3-4H2,1-2H3. The minimum absolute atomic E-state index is 0.166. The van der Waals surface area contributed by atoms with Crippen LogP contribution in [0.15, 0.2) is 46.2 Å². The molecule has 0 aliphatic carbocycles. The Hall–Kier alpha value is -1.75. The van der Waals surface area contributed by atoms with Gasteiger partial charge >= 0.3 is 0 Å². The van der Waals surface area contributed by atoms with Gasteiger partial charge in [0.1, 0.15) is 11.6 Å². The zero-order valence-electron chi connectivity index (χ0n) is 11.9. The van der Waals surface area contributed by atoms with Gasteiger partial charge in [0.05, 0.1) is 9.79 Å². The normalized spacial score (nSPS) is 11.6. The zero-order valence-corrected chi connectivity index (χ0v) is 12.7. The number of sulfone groups is 1. The molecule has 0 spiro atoms. The van der Waals surface area contributed by atoms with E-state index in [-0.39, 0.29) is 9.79 Å². The summed E-state index contributed by atoms with van der Waals surface area (Å²) in [6, 6.07) is 7.56. The molecule has 21 heavy (non-hydrogen) atoms. The Morgan fingerprint density at radius 2 is 1.19 bits per heavy atom. The van der Waals surface area contributed by atoms with Crippen LogP contribution in [-0.4, -0.2) is 8.42 Å². The van der Waals surface area contributed by atoms with Gasteiger partial charge in [-0.3, -0.25) is 0 Å². The molecule has 2 aromatic carbocycles. The molecule has 0 atom stereocenters. The summed E-state index contributed by atoms with van der Waals surface area (Å²) in [4.78, 5) is -0.332. The number of aryl methyl sites for hydroxylation is 2. The number of hydrogen-bond acceptors (Lipinski definition) is 2. The molecule has 0 aromatic heterocycles. The molecule has 0 unspecified atom stereocenters. The van der Waals surface area contributed by atoms with Crippen molar-refractivity contribution in [2.24, 2.45) is 0 Å². The number of benzene rings is 2. The zero-order chi connectivity index (χ0) is 15.6. The van der Waals surface area contributed by atoms with Gasteiger partial charge in [-0.15, -0.1) is 0 Å². The van der Waals surface area contributed by atoms with Gasteiger partial charge in [0, 0.05) is 0 Å². The van der Waals surface area contributed by atoms with Gasteiger partial charge in [-0.25, -0.2) is 17.2 Å². The number of rotatable bonds is 4. The smallest absolute Gasteiger partial charge is 0.206 e. The predicted octanol–water partition coefficient (Wildman–Crippen LogP) is 3.92. The second-order valence-corrected chi connectivity index (χ2v) is 6.67. The monoisotopic (exact) mass is 310 g/mol. The largest absolute Gasteiger partial charge is 0.219 e. The lowest BCUT2D eigenvalue weighted by atomic mass is 10.1. The molecule has 0 saturated carbocycles. The first kappa shape index (κ1) is 15.6. The van der Waals surface area contributed by atoms with Crippen LogP contribution in [0.3, 0.4) is 0 Å². The summed E-state index contributed by atoms with van der Waals surface area (Å²) < 4.78 is 52.3. The third-order valence-corrected chi connectivity index (χ3v) is 5.18. The molecule has 0 heterocycles. The van der Waals surface area contributed by atoms with E-state index >= 15 is 0 Å². The maximum Gasteiger partial charge on any atom is 0.206 e. The van der Waals surface area contributed by atoms with Crippen molar-refractivity contribution in [3.05, 3.63) is 59.2 Å². The van der Waals surface area contributed by atoms with Crippen molar-refractivity contribution in [1.29, 1.82) is 0 Å². The summed E-state index contributed by atoms with van der Waals surface area (Å²) in [5, 5.41) is 0. The highest BCUT2D eigenvalue weighted by Crippen LogP contribution is 2.24. The van der Waals surface area contributed by atoms with Gasteiger partial charge in [-0.2, -0.15) is 0 Å². The SMILES string of the molecule is CCc1ccc(S(=O)(=O)c2ccc(CC)c(F)c2)cc1F. The van der Waals surface area contributed by atoms with Crippen molar-refractivity contribution < 1.29 is 17.2 Å². The van der Waals surface area contributed by atoms with Crippen molar-refractivity contribution in [3.63, 3.8) is 0 Å². The highest BCUT2D eigenvalue weighted by molar-refractivity contribution is 7.91. The summed E-state index contributed by atoms with van der Waals surface area (Å²) in [7, 11) is -3.91. The van der Waals surface area contributed by atoms with Gasteiger partial charge in [-0.05, 0) is 48.2 Å². The minimum Gasteiger partial charge on any atom is -0.219 e. The first-order valence-corrected chi connectivity index (χ1v) is 8.20. The number of halogens is 2. The molecule has 2 nitrogen and oxygen atoms in total. The van der Waals surface area contributed by atoms with E-state index < -0.39 is 21.5 Å². The fourth-order valence-electron chi connectivity index (χ4n) is 2.10. The van der Waals surface area contributed by atoms with E-state index in [1.54, 1.807) is 13.8 Å². The van der Waals surface area contributed by atoms with E-state index in [0.717, 1.165) is 12.1 Å². The third kappa shape index (κ3) is 2.97. The summed E-state index contributed by atoms with van der Waals surface area (Å²) in [6.45, 7) is 3.57. The Balaban J connectivity index is 2.51. The molecular weight excluding hydrogens is 294 g/mol. The second-order valence-electron chi connectivity index (χ2n) is 4.72. The molecule has 5 heteroatoms. The first-order valence-electron chi connectivity index (χ1n) is 6.72. The molecule has 0 aliphatic heterocycles. The maximum absolute atomic E-state index is 13.8. The Morgan fingerprint density at radius 3 is 1.48 bits per heavy atom. The Morgan fingerprint density at radius 1 is 0.810 bits per heavy atom. The van der Waals surface area contributed by atoms with E-state index in [2.05, 4.69) is 0 Å². The first-order chi connectivity index (χ1) is 9.90. The summed E-state index contributed by atoms with van der Waals surface area (Å²) in [6.07, 6.45) is 0.956. The number of hydrogen-bond donors (Lipinski definition) is 0. The summed E-state index contributed by atoms with van der Waals surface area (Å²) >= 11 is 0. The quantitative estimate of drug-likeness (QED) is 0.857.